The Labute approximate surface area is 76.2 Å². The molecule has 1 rings (SSSR count). The fraction of sp³-hybridized carbons (Fsp3) is 0.500. The topological polar surface area (TPSA) is 40.1 Å². The fourth-order valence-corrected chi connectivity index (χ4v) is 0.503. The van der Waals surface area contributed by atoms with Crippen molar-refractivity contribution in [1.29, 1.82) is 0 Å². The monoisotopic (exact) mass is 134 g/mol. The molecule has 44 valence electrons. The molecule has 0 amide bonds. The van der Waals surface area contributed by atoms with Crippen LogP contribution < -0.4 is 34.7 Å². The second-order valence-electron chi connectivity index (χ2n) is 2.02. The van der Waals surface area contributed by atoms with Crippen LogP contribution in [0.15, 0.2) is 12.2 Å². The van der Waals surface area contributed by atoms with Crippen molar-refractivity contribution in [3.63, 3.8) is 0 Å². The van der Waals surface area contributed by atoms with Gasteiger partial charge in [-0.1, -0.05) is 6.08 Å². The van der Waals surface area contributed by atoms with Gasteiger partial charge in [-0.2, -0.15) is 0 Å². The Hall–Kier alpha value is 0.210. The molecule has 0 aromatic heterocycles. The standard InChI is InChI=1S/C6H8O2.Na/c7-6(8)4-3-5-1-2-5;/h3-5H,1-2H2,(H,7,8);/q;+1/p-1. The van der Waals surface area contributed by atoms with E-state index in [-0.39, 0.29) is 29.6 Å². The SMILES string of the molecule is O=C([O-])C=CC1CC1.[Na+]. The number of hydrogen-bond acceptors (Lipinski definition) is 2. The molecule has 0 aromatic rings. The van der Waals surface area contributed by atoms with E-state index in [2.05, 4.69) is 0 Å². The zero-order valence-electron chi connectivity index (χ0n) is 5.46. The Bertz CT molecular complexity index is 127. The Morgan fingerprint density at radius 3 is 2.44 bits per heavy atom. The number of rotatable bonds is 2. The van der Waals surface area contributed by atoms with Gasteiger partial charge in [0.1, 0.15) is 0 Å². The first kappa shape index (κ1) is 9.21. The Morgan fingerprint density at radius 1 is 1.56 bits per heavy atom. The number of carbonyl (C=O) groups excluding carboxylic acids is 1. The molecule has 0 aromatic carbocycles. The number of hydrogen-bond donors (Lipinski definition) is 0. The van der Waals surface area contributed by atoms with Gasteiger partial charge >= 0.3 is 29.6 Å². The average molecular weight is 134 g/mol. The normalized spacial score (nSPS) is 17.3. The largest absolute Gasteiger partial charge is 1.00 e. The van der Waals surface area contributed by atoms with Gasteiger partial charge in [0, 0.05) is 0 Å². The molecule has 1 aliphatic carbocycles. The number of carbonyl (C=O) groups is 1. The molecule has 0 aliphatic heterocycles. The van der Waals surface area contributed by atoms with Crippen LogP contribution >= 0.6 is 0 Å². The first-order chi connectivity index (χ1) is 3.79. The second kappa shape index (κ2) is 4.09. The van der Waals surface area contributed by atoms with Crippen molar-refractivity contribution in [3.05, 3.63) is 12.2 Å². The molecule has 0 heterocycles. The number of aliphatic carboxylic acids is 1. The maximum Gasteiger partial charge on any atom is 1.00 e. The van der Waals surface area contributed by atoms with Crippen molar-refractivity contribution in [2.45, 2.75) is 12.8 Å². The van der Waals surface area contributed by atoms with E-state index in [9.17, 15) is 9.90 Å². The summed E-state index contributed by atoms with van der Waals surface area (Å²) >= 11 is 0. The second-order valence-corrected chi connectivity index (χ2v) is 2.02. The van der Waals surface area contributed by atoms with Crippen molar-refractivity contribution in [2.75, 3.05) is 0 Å². The van der Waals surface area contributed by atoms with Gasteiger partial charge in [-0.05, 0) is 24.8 Å². The van der Waals surface area contributed by atoms with E-state index in [1.54, 1.807) is 6.08 Å². The first-order valence-corrected chi connectivity index (χ1v) is 2.68. The Balaban J connectivity index is 0.000000640. The van der Waals surface area contributed by atoms with E-state index in [1.807, 2.05) is 0 Å². The van der Waals surface area contributed by atoms with Crippen LogP contribution in [0.5, 0.6) is 0 Å². The number of allylic oxidation sites excluding steroid dienone is 1. The van der Waals surface area contributed by atoms with Crippen LogP contribution in [0.3, 0.4) is 0 Å². The maximum absolute atomic E-state index is 9.73. The van der Waals surface area contributed by atoms with Crippen LogP contribution in [-0.2, 0) is 4.79 Å². The summed E-state index contributed by atoms with van der Waals surface area (Å²) in [6.07, 6.45) is 5.08. The van der Waals surface area contributed by atoms with Gasteiger partial charge in [-0.25, -0.2) is 0 Å². The van der Waals surface area contributed by atoms with Crippen LogP contribution in [0.25, 0.3) is 0 Å². The molecule has 0 radical (unpaired) electrons. The summed E-state index contributed by atoms with van der Waals surface area (Å²) < 4.78 is 0. The van der Waals surface area contributed by atoms with Gasteiger partial charge in [0.15, 0.2) is 0 Å². The zero-order valence-corrected chi connectivity index (χ0v) is 7.46. The van der Waals surface area contributed by atoms with E-state index in [0.717, 1.165) is 18.9 Å². The maximum atomic E-state index is 9.73. The molecule has 1 fully saturated rings. The summed E-state index contributed by atoms with van der Waals surface area (Å²) in [7, 11) is 0. The molecule has 0 saturated heterocycles. The minimum absolute atomic E-state index is 0. The molecule has 9 heavy (non-hydrogen) atoms. The molecule has 0 atom stereocenters. The van der Waals surface area contributed by atoms with E-state index < -0.39 is 5.97 Å². The minimum atomic E-state index is -1.09. The van der Waals surface area contributed by atoms with Gasteiger partial charge in [-0.15, -0.1) is 0 Å². The van der Waals surface area contributed by atoms with Crippen molar-refractivity contribution in [3.8, 4) is 0 Å². The van der Waals surface area contributed by atoms with Crippen LogP contribution in [0, 0.1) is 5.92 Å². The predicted molar refractivity (Wildman–Crippen MR) is 26.9 cm³/mol. The molecule has 0 spiro atoms. The van der Waals surface area contributed by atoms with Gasteiger partial charge in [0.2, 0.25) is 0 Å². The van der Waals surface area contributed by atoms with Gasteiger partial charge in [0.05, 0.1) is 5.97 Å². The number of carboxylic acid groups (broad SMARTS) is 1. The predicted octanol–water partition coefficient (Wildman–Crippen LogP) is -3.29. The average Bonchev–Trinajstić information content (AvgIpc) is 2.41. The quantitative estimate of drug-likeness (QED) is 0.293. The molecule has 2 nitrogen and oxygen atoms in total. The third kappa shape index (κ3) is 4.70. The summed E-state index contributed by atoms with van der Waals surface area (Å²) in [5, 5.41) is 9.73. The molecule has 0 unspecified atom stereocenters. The van der Waals surface area contributed by atoms with Crippen LogP contribution in [0.4, 0.5) is 0 Å². The van der Waals surface area contributed by atoms with Crippen molar-refractivity contribution >= 4 is 5.97 Å². The smallest absolute Gasteiger partial charge is 0.545 e. The summed E-state index contributed by atoms with van der Waals surface area (Å²) in [5.41, 5.74) is 0. The van der Waals surface area contributed by atoms with Gasteiger partial charge in [-0.3, -0.25) is 0 Å². The molecular weight excluding hydrogens is 127 g/mol. The molecule has 3 heteroatoms. The molecular formula is C6H7NaO2. The molecule has 0 bridgehead atoms. The summed E-state index contributed by atoms with van der Waals surface area (Å²) in [6.45, 7) is 0. The van der Waals surface area contributed by atoms with Crippen molar-refractivity contribution in [2.24, 2.45) is 5.92 Å². The Morgan fingerprint density at radius 2 is 2.11 bits per heavy atom. The summed E-state index contributed by atoms with van der Waals surface area (Å²) in [5.74, 6) is -0.551. The van der Waals surface area contributed by atoms with Gasteiger partial charge in [0.25, 0.3) is 0 Å². The van der Waals surface area contributed by atoms with Crippen LogP contribution in [-0.4, -0.2) is 5.97 Å². The van der Waals surface area contributed by atoms with Gasteiger partial charge < -0.3 is 9.90 Å². The Kier molecular flexibility index (Phi) is 4.19. The summed E-state index contributed by atoms with van der Waals surface area (Å²) in [6, 6.07) is 0. The minimum Gasteiger partial charge on any atom is -0.545 e. The van der Waals surface area contributed by atoms with E-state index in [0.29, 0.717) is 5.92 Å². The molecule has 1 saturated carbocycles. The summed E-state index contributed by atoms with van der Waals surface area (Å²) in [4.78, 5) is 9.73. The van der Waals surface area contributed by atoms with Crippen molar-refractivity contribution in [1.82, 2.24) is 0 Å². The van der Waals surface area contributed by atoms with E-state index in [1.165, 1.54) is 0 Å². The zero-order chi connectivity index (χ0) is 5.98. The third-order valence-electron chi connectivity index (χ3n) is 1.13. The van der Waals surface area contributed by atoms with Crippen LogP contribution in [0.2, 0.25) is 0 Å². The molecule has 0 N–H and O–H groups in total. The first-order valence-electron chi connectivity index (χ1n) is 2.68. The number of carboxylic acids is 1. The van der Waals surface area contributed by atoms with E-state index in [4.69, 9.17) is 0 Å². The van der Waals surface area contributed by atoms with Crippen molar-refractivity contribution < 1.29 is 39.5 Å². The van der Waals surface area contributed by atoms with Crippen LogP contribution in [0.1, 0.15) is 12.8 Å². The fourth-order valence-electron chi connectivity index (χ4n) is 0.503. The third-order valence-corrected chi connectivity index (χ3v) is 1.13. The molecule has 1 aliphatic rings. The van der Waals surface area contributed by atoms with E-state index >= 15 is 0 Å².